The number of carbonyl (C=O) groups excluding carboxylic acids is 3. The molecule has 186 valence electrons. The van der Waals surface area contributed by atoms with Crippen LogP contribution in [0.1, 0.15) is 45.7 Å². The van der Waals surface area contributed by atoms with Gasteiger partial charge in [0.25, 0.3) is 11.8 Å². The molecule has 0 saturated carbocycles. The van der Waals surface area contributed by atoms with Gasteiger partial charge in [-0.1, -0.05) is 49.7 Å². The van der Waals surface area contributed by atoms with Crippen LogP contribution in [0.4, 0.5) is 5.69 Å². The largest absolute Gasteiger partial charge is 0.454 e. The number of hydrogen-bond donors (Lipinski definition) is 3. The summed E-state index contributed by atoms with van der Waals surface area (Å²) in [5.74, 6) is 0.0639. The number of hydrogen-bond acceptors (Lipinski definition) is 5. The highest BCUT2D eigenvalue weighted by Gasteiger charge is 2.26. The first-order valence-electron chi connectivity index (χ1n) is 11.8. The van der Waals surface area contributed by atoms with E-state index >= 15 is 0 Å². The van der Waals surface area contributed by atoms with Crippen molar-refractivity contribution in [3.8, 4) is 11.5 Å². The van der Waals surface area contributed by atoms with Gasteiger partial charge in [-0.25, -0.2) is 0 Å². The fourth-order valence-electron chi connectivity index (χ4n) is 3.79. The molecule has 36 heavy (non-hydrogen) atoms. The van der Waals surface area contributed by atoms with Gasteiger partial charge in [0.15, 0.2) is 11.5 Å². The van der Waals surface area contributed by atoms with Gasteiger partial charge in [0.05, 0.1) is 11.3 Å². The lowest BCUT2D eigenvalue weighted by molar-refractivity contribution is -0.118. The van der Waals surface area contributed by atoms with Crippen LogP contribution in [0.15, 0.2) is 66.7 Å². The van der Waals surface area contributed by atoms with E-state index in [0.29, 0.717) is 28.3 Å². The average molecular weight is 488 g/mol. The molecule has 0 fully saturated rings. The van der Waals surface area contributed by atoms with Crippen molar-refractivity contribution in [3.05, 3.63) is 89.0 Å². The smallest absolute Gasteiger partial charge is 0.253 e. The number of nitrogens with one attached hydrogen (secondary N) is 3. The molecular weight excluding hydrogens is 458 g/mol. The van der Waals surface area contributed by atoms with Crippen LogP contribution in [0.3, 0.4) is 0 Å². The Morgan fingerprint density at radius 2 is 1.61 bits per heavy atom. The van der Waals surface area contributed by atoms with Crippen molar-refractivity contribution in [1.29, 1.82) is 0 Å². The molecule has 0 radical (unpaired) electrons. The Kier molecular flexibility index (Phi) is 7.53. The maximum Gasteiger partial charge on any atom is 0.253 e. The van der Waals surface area contributed by atoms with Crippen molar-refractivity contribution >= 4 is 23.4 Å². The van der Waals surface area contributed by atoms with Crippen LogP contribution < -0.4 is 25.4 Å². The molecule has 8 heteroatoms. The third-order valence-electron chi connectivity index (χ3n) is 5.87. The molecule has 4 rings (SSSR count). The van der Waals surface area contributed by atoms with Crippen molar-refractivity contribution in [2.24, 2.45) is 5.92 Å². The van der Waals surface area contributed by atoms with E-state index in [-0.39, 0.29) is 31.1 Å². The first kappa shape index (κ1) is 24.8. The van der Waals surface area contributed by atoms with Gasteiger partial charge in [0, 0.05) is 12.1 Å². The maximum absolute atomic E-state index is 13.2. The zero-order chi connectivity index (χ0) is 25.7. The molecule has 3 aromatic rings. The lowest BCUT2D eigenvalue weighted by Gasteiger charge is -2.22. The summed E-state index contributed by atoms with van der Waals surface area (Å²) >= 11 is 0. The second-order valence-electron chi connectivity index (χ2n) is 8.97. The van der Waals surface area contributed by atoms with Crippen LogP contribution in [-0.4, -0.2) is 30.6 Å². The number of amides is 3. The minimum atomic E-state index is -0.788. The lowest BCUT2D eigenvalue weighted by Crippen LogP contribution is -2.47. The van der Waals surface area contributed by atoms with Gasteiger partial charge in [-0.05, 0) is 54.8 Å². The number of carbonyl (C=O) groups is 3. The Balaban J connectivity index is 1.42. The van der Waals surface area contributed by atoms with Crippen LogP contribution >= 0.6 is 0 Å². The first-order valence-corrected chi connectivity index (χ1v) is 11.8. The molecule has 8 nitrogen and oxygen atoms in total. The molecular formula is C28H29N3O5. The second-order valence-corrected chi connectivity index (χ2v) is 8.97. The number of anilines is 1. The van der Waals surface area contributed by atoms with E-state index in [9.17, 15) is 14.4 Å². The van der Waals surface area contributed by atoms with Crippen LogP contribution in [0.5, 0.6) is 11.5 Å². The summed E-state index contributed by atoms with van der Waals surface area (Å²) in [6.45, 7) is 6.10. The van der Waals surface area contributed by atoms with Crippen molar-refractivity contribution in [2.45, 2.75) is 33.4 Å². The van der Waals surface area contributed by atoms with Crippen LogP contribution in [0.25, 0.3) is 0 Å². The number of ether oxygens (including phenoxy) is 2. The normalized spacial score (nSPS) is 12.7. The average Bonchev–Trinajstić information content (AvgIpc) is 3.34. The van der Waals surface area contributed by atoms with Gasteiger partial charge >= 0.3 is 0 Å². The third kappa shape index (κ3) is 5.83. The van der Waals surface area contributed by atoms with Crippen molar-refractivity contribution in [1.82, 2.24) is 10.6 Å². The van der Waals surface area contributed by atoms with Gasteiger partial charge in [-0.15, -0.1) is 0 Å². The number of rotatable bonds is 8. The molecule has 1 aliphatic heterocycles. The monoisotopic (exact) mass is 487 g/mol. The summed E-state index contributed by atoms with van der Waals surface area (Å²) in [4.78, 5) is 38.8. The van der Waals surface area contributed by atoms with E-state index in [4.69, 9.17) is 9.47 Å². The SMILES string of the molecule is Cc1ccc(C(=O)N[C@@H](C(=O)Nc2ccccc2C(=O)NCc2ccc3c(c2)OCO3)C(C)C)cc1. The van der Waals surface area contributed by atoms with Crippen LogP contribution in [0.2, 0.25) is 0 Å². The van der Waals surface area contributed by atoms with Gasteiger partial charge in [-0.3, -0.25) is 14.4 Å². The second kappa shape index (κ2) is 10.9. The van der Waals surface area contributed by atoms with E-state index < -0.39 is 11.9 Å². The van der Waals surface area contributed by atoms with E-state index in [1.165, 1.54) is 0 Å². The molecule has 0 aromatic heterocycles. The highest BCUT2D eigenvalue weighted by Crippen LogP contribution is 2.32. The quantitative estimate of drug-likeness (QED) is 0.445. The van der Waals surface area contributed by atoms with Gasteiger partial charge < -0.3 is 25.4 Å². The molecule has 3 amide bonds. The molecule has 1 heterocycles. The number of aryl methyl sites for hydroxylation is 1. The predicted molar refractivity (Wildman–Crippen MR) is 136 cm³/mol. The van der Waals surface area contributed by atoms with Crippen molar-refractivity contribution in [3.63, 3.8) is 0 Å². The minimum absolute atomic E-state index is 0.175. The zero-order valence-corrected chi connectivity index (χ0v) is 20.5. The summed E-state index contributed by atoms with van der Waals surface area (Å²) in [6.07, 6.45) is 0. The predicted octanol–water partition coefficient (Wildman–Crippen LogP) is 4.05. The van der Waals surface area contributed by atoms with E-state index in [0.717, 1.165) is 11.1 Å². The topological polar surface area (TPSA) is 106 Å². The molecule has 0 aliphatic carbocycles. The first-order chi connectivity index (χ1) is 17.3. The third-order valence-corrected chi connectivity index (χ3v) is 5.87. The molecule has 0 unspecified atom stereocenters. The van der Waals surface area contributed by atoms with Crippen LogP contribution in [-0.2, 0) is 11.3 Å². The van der Waals surface area contributed by atoms with Crippen LogP contribution in [0, 0.1) is 12.8 Å². The van der Waals surface area contributed by atoms with E-state index in [1.54, 1.807) is 42.5 Å². The summed E-state index contributed by atoms with van der Waals surface area (Å²) in [5.41, 5.74) is 3.05. The standard InChI is InChI=1S/C28H29N3O5/c1-17(2)25(31-26(32)20-11-8-18(3)9-12-20)28(34)30-22-7-5-4-6-21(22)27(33)29-15-19-10-13-23-24(14-19)36-16-35-23/h4-14,17,25H,15-16H2,1-3H3,(H,29,33)(H,30,34)(H,31,32)/t25-/m1/s1. The lowest BCUT2D eigenvalue weighted by atomic mass is 10.0. The van der Waals surface area contributed by atoms with Gasteiger partial charge in [-0.2, -0.15) is 0 Å². The molecule has 0 bridgehead atoms. The van der Waals surface area contributed by atoms with Gasteiger partial charge in [0.2, 0.25) is 12.7 Å². The number of fused-ring (bicyclic) bond motifs is 1. The molecule has 1 aliphatic rings. The van der Waals surface area contributed by atoms with Crippen molar-refractivity contribution in [2.75, 3.05) is 12.1 Å². The Morgan fingerprint density at radius 1 is 0.889 bits per heavy atom. The fourth-order valence-corrected chi connectivity index (χ4v) is 3.79. The molecule has 3 aromatic carbocycles. The Labute approximate surface area is 210 Å². The highest BCUT2D eigenvalue weighted by molar-refractivity contribution is 6.06. The molecule has 0 spiro atoms. The number of benzene rings is 3. The summed E-state index contributed by atoms with van der Waals surface area (Å²) in [7, 11) is 0. The van der Waals surface area contributed by atoms with Crippen molar-refractivity contribution < 1.29 is 23.9 Å². The zero-order valence-electron chi connectivity index (χ0n) is 20.5. The Morgan fingerprint density at radius 3 is 2.36 bits per heavy atom. The maximum atomic E-state index is 13.2. The summed E-state index contributed by atoms with van der Waals surface area (Å²) in [6, 6.07) is 18.6. The Bertz CT molecular complexity index is 1270. The molecule has 0 saturated heterocycles. The van der Waals surface area contributed by atoms with E-state index in [2.05, 4.69) is 16.0 Å². The fraction of sp³-hybridized carbons (Fsp3) is 0.250. The number of para-hydroxylation sites is 1. The highest BCUT2D eigenvalue weighted by atomic mass is 16.7. The van der Waals surface area contributed by atoms with E-state index in [1.807, 2.05) is 45.0 Å². The Hall–Kier alpha value is -4.33. The van der Waals surface area contributed by atoms with Gasteiger partial charge in [0.1, 0.15) is 6.04 Å². The minimum Gasteiger partial charge on any atom is -0.454 e. The summed E-state index contributed by atoms with van der Waals surface area (Å²) < 4.78 is 10.7. The molecule has 1 atom stereocenters. The summed E-state index contributed by atoms with van der Waals surface area (Å²) in [5, 5.41) is 8.51. The molecule has 3 N–H and O–H groups in total.